The standard InChI is InChI=1S/C25H24ClN7O2.C2HF3O2/c1-3-35-25(34)30-14-19(15-30)32-10-9-20(29-32)22-12-23-21(7-8-24-28-27-16(2)33(23)24)31(22)13-17-5-4-6-18(26)11-17;3-2(4,5)1(6)7/h4-12,19H,3,13-15H2,1-2H3;(H,6,7). The first-order chi connectivity index (χ1) is 20.0. The van der Waals surface area contributed by atoms with Gasteiger partial charge in [-0.1, -0.05) is 23.7 Å². The fourth-order valence-corrected chi connectivity index (χ4v) is 4.92. The van der Waals surface area contributed by atoms with E-state index < -0.39 is 12.1 Å². The van der Waals surface area contributed by atoms with Crippen LogP contribution in [0.3, 0.4) is 0 Å². The normalized spacial score (nSPS) is 13.6. The summed E-state index contributed by atoms with van der Waals surface area (Å²) in [7, 11) is 0. The second-order valence-electron chi connectivity index (χ2n) is 9.53. The summed E-state index contributed by atoms with van der Waals surface area (Å²) in [6.45, 7) is 5.96. The van der Waals surface area contributed by atoms with Crippen molar-refractivity contribution in [3.05, 3.63) is 71.1 Å². The maximum Gasteiger partial charge on any atom is 0.490 e. The number of carboxylic acid groups (broad SMARTS) is 1. The van der Waals surface area contributed by atoms with Crippen LogP contribution in [0.15, 0.2) is 54.7 Å². The molecule has 0 spiro atoms. The first-order valence-corrected chi connectivity index (χ1v) is 13.2. The summed E-state index contributed by atoms with van der Waals surface area (Å²) < 4.78 is 43.1. The number of alkyl halides is 3. The van der Waals surface area contributed by atoms with E-state index in [2.05, 4.69) is 37.4 Å². The largest absolute Gasteiger partial charge is 0.490 e. The molecule has 5 heterocycles. The van der Waals surface area contributed by atoms with Gasteiger partial charge in [0.05, 0.1) is 29.4 Å². The second kappa shape index (κ2) is 11.4. The molecule has 42 heavy (non-hydrogen) atoms. The van der Waals surface area contributed by atoms with Gasteiger partial charge in [0.2, 0.25) is 0 Å². The summed E-state index contributed by atoms with van der Waals surface area (Å²) in [4.78, 5) is 22.5. The van der Waals surface area contributed by atoms with Gasteiger partial charge in [0.25, 0.3) is 0 Å². The molecule has 1 aliphatic heterocycles. The Morgan fingerprint density at radius 3 is 2.50 bits per heavy atom. The Morgan fingerprint density at radius 2 is 1.83 bits per heavy atom. The number of aliphatic carboxylic acids is 1. The van der Waals surface area contributed by atoms with Gasteiger partial charge in [0.15, 0.2) is 5.65 Å². The minimum Gasteiger partial charge on any atom is -0.475 e. The number of benzene rings is 1. The molecule has 1 N–H and O–H groups in total. The molecule has 1 fully saturated rings. The van der Waals surface area contributed by atoms with Crippen LogP contribution in [-0.4, -0.2) is 76.9 Å². The molecule has 0 atom stereocenters. The fourth-order valence-electron chi connectivity index (χ4n) is 4.71. The molecule has 0 unspecified atom stereocenters. The van der Waals surface area contributed by atoms with E-state index in [1.807, 2.05) is 55.1 Å². The van der Waals surface area contributed by atoms with Gasteiger partial charge in [-0.2, -0.15) is 18.3 Å². The third kappa shape index (κ3) is 5.75. The highest BCUT2D eigenvalue weighted by atomic mass is 35.5. The molecule has 15 heteroatoms. The summed E-state index contributed by atoms with van der Waals surface area (Å²) >= 11 is 6.28. The number of rotatable bonds is 5. The van der Waals surface area contributed by atoms with E-state index in [0.29, 0.717) is 31.3 Å². The van der Waals surface area contributed by atoms with Gasteiger partial charge in [-0.25, -0.2) is 9.59 Å². The first-order valence-electron chi connectivity index (χ1n) is 12.8. The molecule has 5 aromatic rings. The number of likely N-dealkylation sites (tertiary alicyclic amines) is 1. The van der Waals surface area contributed by atoms with E-state index >= 15 is 0 Å². The number of hydrogen-bond acceptors (Lipinski definition) is 6. The van der Waals surface area contributed by atoms with E-state index in [4.69, 9.17) is 31.3 Å². The van der Waals surface area contributed by atoms with Crippen molar-refractivity contribution in [2.45, 2.75) is 32.6 Å². The number of aryl methyl sites for hydroxylation is 1. The van der Waals surface area contributed by atoms with E-state index in [1.165, 1.54) is 0 Å². The molecule has 1 amide bonds. The molecule has 4 aromatic heterocycles. The van der Waals surface area contributed by atoms with Crippen molar-refractivity contribution in [2.75, 3.05) is 19.7 Å². The molecule has 0 radical (unpaired) electrons. The van der Waals surface area contributed by atoms with Gasteiger partial charge in [0.1, 0.15) is 11.5 Å². The minimum absolute atomic E-state index is 0.130. The highest BCUT2D eigenvalue weighted by Crippen LogP contribution is 2.31. The number of carbonyl (C=O) groups is 2. The van der Waals surface area contributed by atoms with Gasteiger partial charge in [0, 0.05) is 30.9 Å². The third-order valence-electron chi connectivity index (χ3n) is 6.70. The zero-order chi connectivity index (χ0) is 30.2. The molecule has 0 aliphatic carbocycles. The van der Waals surface area contributed by atoms with Crippen LogP contribution in [0.25, 0.3) is 28.1 Å². The lowest BCUT2D eigenvalue weighted by Crippen LogP contribution is -2.51. The average Bonchev–Trinajstić information content (AvgIpc) is 3.61. The van der Waals surface area contributed by atoms with Crippen molar-refractivity contribution in [1.29, 1.82) is 0 Å². The highest BCUT2D eigenvalue weighted by molar-refractivity contribution is 6.30. The van der Waals surface area contributed by atoms with Crippen LogP contribution in [0, 0.1) is 6.92 Å². The minimum atomic E-state index is -5.08. The molecule has 0 bridgehead atoms. The van der Waals surface area contributed by atoms with Crippen LogP contribution in [0.2, 0.25) is 5.02 Å². The maximum absolute atomic E-state index is 11.9. The number of carbonyl (C=O) groups excluding carboxylic acids is 1. The average molecular weight is 604 g/mol. The predicted molar refractivity (Wildman–Crippen MR) is 146 cm³/mol. The van der Waals surface area contributed by atoms with Crippen LogP contribution < -0.4 is 0 Å². The number of nitrogens with zero attached hydrogens (tertiary/aromatic N) is 7. The zero-order valence-electron chi connectivity index (χ0n) is 22.4. The Hall–Kier alpha value is -4.59. The van der Waals surface area contributed by atoms with Crippen LogP contribution in [-0.2, 0) is 16.1 Å². The summed E-state index contributed by atoms with van der Waals surface area (Å²) in [5.74, 6) is -1.93. The molecular formula is C27H25ClF3N7O4. The number of aromatic nitrogens is 6. The molecule has 0 saturated carbocycles. The number of ether oxygens (including phenoxy) is 1. The van der Waals surface area contributed by atoms with E-state index in [9.17, 15) is 18.0 Å². The smallest absolute Gasteiger partial charge is 0.475 e. The Kier molecular flexibility index (Phi) is 7.82. The molecule has 6 rings (SSSR count). The Morgan fingerprint density at radius 1 is 1.10 bits per heavy atom. The zero-order valence-corrected chi connectivity index (χ0v) is 23.2. The van der Waals surface area contributed by atoms with Gasteiger partial charge >= 0.3 is 18.2 Å². The van der Waals surface area contributed by atoms with E-state index in [1.54, 1.807) is 4.90 Å². The van der Waals surface area contributed by atoms with Gasteiger partial charge < -0.3 is 19.3 Å². The lowest BCUT2D eigenvalue weighted by molar-refractivity contribution is -0.192. The number of hydrogen-bond donors (Lipinski definition) is 1. The molecular weight excluding hydrogens is 579 g/mol. The van der Waals surface area contributed by atoms with Crippen LogP contribution >= 0.6 is 11.6 Å². The highest BCUT2D eigenvalue weighted by Gasteiger charge is 2.38. The van der Waals surface area contributed by atoms with Crippen molar-refractivity contribution in [3.8, 4) is 11.4 Å². The number of carboxylic acids is 1. The lowest BCUT2D eigenvalue weighted by atomic mass is 10.1. The first kappa shape index (κ1) is 28.9. The summed E-state index contributed by atoms with van der Waals surface area (Å²) in [5, 5.41) is 21.3. The lowest BCUT2D eigenvalue weighted by Gasteiger charge is -2.38. The topological polar surface area (TPSA) is 120 Å². The summed E-state index contributed by atoms with van der Waals surface area (Å²) in [5.41, 5.74) is 5.83. The fraction of sp³-hybridized carbons (Fsp3) is 0.296. The van der Waals surface area contributed by atoms with Crippen LogP contribution in [0.5, 0.6) is 0 Å². The molecule has 220 valence electrons. The van der Waals surface area contributed by atoms with Crippen molar-refractivity contribution >= 4 is 40.3 Å². The number of amides is 1. The van der Waals surface area contributed by atoms with Crippen molar-refractivity contribution < 1.29 is 32.6 Å². The second-order valence-corrected chi connectivity index (χ2v) is 9.97. The SMILES string of the molecule is CCOC(=O)N1CC(n2ccc(-c3cc4c(ccc5nnc(C)n54)n3Cc3cccc(Cl)c3)n2)C1.O=C(O)C(F)(F)F. The quantitative estimate of drug-likeness (QED) is 0.293. The summed E-state index contributed by atoms with van der Waals surface area (Å²) in [6.07, 6.45) is -3.38. The monoisotopic (exact) mass is 603 g/mol. The van der Waals surface area contributed by atoms with Crippen molar-refractivity contribution in [2.24, 2.45) is 0 Å². The predicted octanol–water partition coefficient (Wildman–Crippen LogP) is 5.20. The number of pyridine rings is 1. The van der Waals surface area contributed by atoms with E-state index in [-0.39, 0.29) is 12.1 Å². The van der Waals surface area contributed by atoms with E-state index in [0.717, 1.165) is 39.5 Å². The van der Waals surface area contributed by atoms with Gasteiger partial charge in [-0.3, -0.25) is 9.08 Å². The van der Waals surface area contributed by atoms with Crippen LogP contribution in [0.1, 0.15) is 24.4 Å². The van der Waals surface area contributed by atoms with Gasteiger partial charge in [-0.15, -0.1) is 10.2 Å². The molecule has 1 aliphatic rings. The molecule has 1 aromatic carbocycles. The third-order valence-corrected chi connectivity index (χ3v) is 6.94. The molecule has 11 nitrogen and oxygen atoms in total. The number of halogens is 4. The maximum atomic E-state index is 11.9. The molecule has 1 saturated heterocycles. The summed E-state index contributed by atoms with van der Waals surface area (Å²) in [6, 6.07) is 16.2. The Labute approximate surface area is 241 Å². The van der Waals surface area contributed by atoms with Gasteiger partial charge in [-0.05, 0) is 55.8 Å². The van der Waals surface area contributed by atoms with Crippen molar-refractivity contribution in [1.82, 2.24) is 33.8 Å². The van der Waals surface area contributed by atoms with Crippen LogP contribution in [0.4, 0.5) is 18.0 Å². The number of fused-ring (bicyclic) bond motifs is 3. The Bertz CT molecular complexity index is 1770. The Balaban J connectivity index is 0.000000451. The van der Waals surface area contributed by atoms with Crippen molar-refractivity contribution in [3.63, 3.8) is 0 Å².